The first-order valence-electron chi connectivity index (χ1n) is 15.0. The molecule has 1 N–H and O–H groups in total. The zero-order valence-electron chi connectivity index (χ0n) is 22.7. The number of nitrogens with zero attached hydrogens (tertiary/aromatic N) is 3. The molecule has 0 radical (unpaired) electrons. The van der Waals surface area contributed by atoms with Crippen molar-refractivity contribution in [3.63, 3.8) is 0 Å². The van der Waals surface area contributed by atoms with E-state index < -0.39 is 0 Å². The Bertz CT molecular complexity index is 1120. The maximum Gasteiger partial charge on any atom is 0.255 e. The molecule has 2 aromatic rings. The lowest BCUT2D eigenvalue weighted by atomic mass is 9.96. The maximum absolute atomic E-state index is 12.8. The van der Waals surface area contributed by atoms with Crippen LogP contribution in [0.1, 0.15) is 67.3 Å². The van der Waals surface area contributed by atoms with Crippen LogP contribution < -0.4 is 10.2 Å². The van der Waals surface area contributed by atoms with Crippen molar-refractivity contribution in [2.45, 2.75) is 88.2 Å². The molecule has 0 spiro atoms. The van der Waals surface area contributed by atoms with Crippen LogP contribution in [-0.2, 0) is 11.3 Å². The zero-order chi connectivity index (χ0) is 25.6. The summed E-state index contributed by atoms with van der Waals surface area (Å²) in [6.45, 7) is 4.25. The summed E-state index contributed by atoms with van der Waals surface area (Å²) in [5.74, 6) is 0.720. The van der Waals surface area contributed by atoms with Gasteiger partial charge in [0.2, 0.25) is 0 Å². The Morgan fingerprint density at radius 3 is 2.32 bits per heavy atom. The van der Waals surface area contributed by atoms with Gasteiger partial charge in [-0.3, -0.25) is 9.69 Å². The molecule has 1 amide bonds. The summed E-state index contributed by atoms with van der Waals surface area (Å²) in [6, 6.07) is 19.3. The monoisotopic (exact) mass is 514 g/mol. The van der Waals surface area contributed by atoms with E-state index in [-0.39, 0.29) is 5.91 Å². The van der Waals surface area contributed by atoms with Crippen LogP contribution in [0, 0.1) is 5.92 Å². The minimum Gasteiger partial charge on any atom is -0.374 e. The van der Waals surface area contributed by atoms with E-state index in [1.807, 2.05) is 24.3 Å². The number of carbonyl (C=O) groups excluding carboxylic acids is 1. The first kappa shape index (κ1) is 24.6. The van der Waals surface area contributed by atoms with E-state index in [9.17, 15) is 4.79 Å². The highest BCUT2D eigenvalue weighted by atomic mass is 16.5. The lowest BCUT2D eigenvalue weighted by Crippen LogP contribution is -2.49. The van der Waals surface area contributed by atoms with E-state index in [1.165, 1.54) is 70.1 Å². The quantitative estimate of drug-likeness (QED) is 0.554. The summed E-state index contributed by atoms with van der Waals surface area (Å²) in [4.78, 5) is 20.9. The molecule has 0 unspecified atom stereocenters. The van der Waals surface area contributed by atoms with Gasteiger partial charge in [0.05, 0.1) is 12.7 Å². The van der Waals surface area contributed by atoms with Crippen molar-refractivity contribution in [2.75, 3.05) is 36.9 Å². The molecule has 2 aromatic carbocycles. The second-order valence-electron chi connectivity index (χ2n) is 12.5. The van der Waals surface area contributed by atoms with Crippen LogP contribution in [0.3, 0.4) is 0 Å². The molecule has 5 aliphatic rings. The Hall–Kier alpha value is -2.41. The van der Waals surface area contributed by atoms with E-state index >= 15 is 0 Å². The molecule has 6 heteroatoms. The van der Waals surface area contributed by atoms with Gasteiger partial charge in [0.1, 0.15) is 0 Å². The lowest BCUT2D eigenvalue weighted by molar-refractivity contribution is -0.00866. The normalized spacial score (nSPS) is 31.4. The number of anilines is 2. The minimum absolute atomic E-state index is 0.0658. The first-order chi connectivity index (χ1) is 18.6. The molecule has 1 aliphatic carbocycles. The third kappa shape index (κ3) is 4.76. The first-order valence-corrected chi connectivity index (χ1v) is 15.0. The molecular weight excluding hydrogens is 472 g/mol. The van der Waals surface area contributed by atoms with Crippen LogP contribution in [0.4, 0.5) is 11.4 Å². The SMILES string of the molecule is CN1[C@H]2CC[C@H]1CC(N1C[C@H]3CCN(c4ccc(NC(=O)c5ccc(COC6CCC6)cc5)cc4)[C@H]3C1)C2. The number of amides is 1. The number of carbonyl (C=O) groups is 1. The number of hydrogen-bond donors (Lipinski definition) is 1. The number of hydrogen-bond acceptors (Lipinski definition) is 5. The highest BCUT2D eigenvalue weighted by Crippen LogP contribution is 2.41. The van der Waals surface area contributed by atoms with E-state index in [0.29, 0.717) is 24.3 Å². The molecule has 4 atom stereocenters. The number of likely N-dealkylation sites (tertiary alicyclic amines) is 1. The topological polar surface area (TPSA) is 48.0 Å². The maximum atomic E-state index is 12.8. The van der Waals surface area contributed by atoms with Gasteiger partial charge in [0.15, 0.2) is 0 Å². The van der Waals surface area contributed by atoms with E-state index in [4.69, 9.17) is 4.74 Å². The second-order valence-corrected chi connectivity index (χ2v) is 12.5. The highest BCUT2D eigenvalue weighted by molar-refractivity contribution is 6.04. The molecule has 6 nitrogen and oxygen atoms in total. The standard InChI is InChI=1S/C32H42N4O2/c1-34-27-13-14-28(34)18-29(17-27)35-19-24-15-16-36(31(24)20-35)26-11-9-25(10-12-26)33-32(37)23-7-5-22(6-8-23)21-38-30-3-2-4-30/h5-12,24,27-31H,2-4,13-21H2,1H3,(H,33,37)/t24-,27+,28+,31+/m1/s1. The van der Waals surface area contributed by atoms with Crippen LogP contribution in [0.25, 0.3) is 0 Å². The fourth-order valence-corrected chi connectivity index (χ4v) is 7.74. The van der Waals surface area contributed by atoms with Crippen molar-refractivity contribution in [1.82, 2.24) is 9.80 Å². The van der Waals surface area contributed by atoms with E-state index in [2.05, 4.69) is 51.3 Å². The van der Waals surface area contributed by atoms with Gasteiger partial charge in [-0.15, -0.1) is 0 Å². The smallest absolute Gasteiger partial charge is 0.255 e. The highest BCUT2D eigenvalue weighted by Gasteiger charge is 2.47. The Morgan fingerprint density at radius 1 is 0.895 bits per heavy atom. The molecule has 5 fully saturated rings. The Balaban J connectivity index is 0.937. The van der Waals surface area contributed by atoms with Gasteiger partial charge in [-0.25, -0.2) is 0 Å². The fraction of sp³-hybridized carbons (Fsp3) is 0.594. The molecule has 4 heterocycles. The van der Waals surface area contributed by atoms with Crippen molar-refractivity contribution in [3.05, 3.63) is 59.7 Å². The van der Waals surface area contributed by atoms with Crippen LogP contribution in [0.2, 0.25) is 0 Å². The summed E-state index contributed by atoms with van der Waals surface area (Å²) < 4.78 is 5.88. The van der Waals surface area contributed by atoms with Crippen molar-refractivity contribution < 1.29 is 9.53 Å². The Kier molecular flexibility index (Phi) is 6.67. The van der Waals surface area contributed by atoms with Crippen LogP contribution >= 0.6 is 0 Å². The number of piperidine rings is 1. The van der Waals surface area contributed by atoms with Gasteiger partial charge in [0, 0.05) is 60.7 Å². The van der Waals surface area contributed by atoms with Crippen molar-refractivity contribution in [1.29, 1.82) is 0 Å². The van der Waals surface area contributed by atoms with Crippen LogP contribution in [-0.4, -0.2) is 72.7 Å². The molecule has 7 rings (SSSR count). The minimum atomic E-state index is -0.0658. The summed E-state index contributed by atoms with van der Waals surface area (Å²) in [7, 11) is 2.34. The van der Waals surface area contributed by atoms with Gasteiger partial charge in [-0.1, -0.05) is 12.1 Å². The average Bonchev–Trinajstić information content (AvgIpc) is 3.54. The van der Waals surface area contributed by atoms with Gasteiger partial charge in [0.25, 0.3) is 5.91 Å². The third-order valence-electron chi connectivity index (χ3n) is 10.4. The Labute approximate surface area is 227 Å². The van der Waals surface area contributed by atoms with Gasteiger partial charge < -0.3 is 19.9 Å². The van der Waals surface area contributed by atoms with Crippen molar-refractivity contribution >= 4 is 17.3 Å². The molecule has 4 aliphatic heterocycles. The van der Waals surface area contributed by atoms with Crippen LogP contribution in [0.5, 0.6) is 0 Å². The molecule has 202 valence electrons. The predicted molar refractivity (Wildman–Crippen MR) is 152 cm³/mol. The van der Waals surface area contributed by atoms with E-state index in [1.54, 1.807) is 0 Å². The number of nitrogens with one attached hydrogen (secondary N) is 1. The predicted octanol–water partition coefficient (Wildman–Crippen LogP) is 5.14. The summed E-state index contributed by atoms with van der Waals surface area (Å²) in [6.07, 6.45) is 10.9. The molecular formula is C32H42N4O2. The molecule has 2 bridgehead atoms. The van der Waals surface area contributed by atoms with Gasteiger partial charge in [-0.2, -0.15) is 0 Å². The molecule has 4 saturated heterocycles. The van der Waals surface area contributed by atoms with Crippen molar-refractivity contribution in [3.8, 4) is 0 Å². The number of benzene rings is 2. The summed E-state index contributed by atoms with van der Waals surface area (Å²) in [5, 5.41) is 3.08. The summed E-state index contributed by atoms with van der Waals surface area (Å²) >= 11 is 0. The number of rotatable bonds is 7. The number of ether oxygens (including phenoxy) is 1. The van der Waals surface area contributed by atoms with Crippen LogP contribution in [0.15, 0.2) is 48.5 Å². The third-order valence-corrected chi connectivity index (χ3v) is 10.4. The van der Waals surface area contributed by atoms with Gasteiger partial charge in [-0.05, 0) is 106 Å². The van der Waals surface area contributed by atoms with E-state index in [0.717, 1.165) is 41.8 Å². The fourth-order valence-electron chi connectivity index (χ4n) is 7.74. The van der Waals surface area contributed by atoms with Crippen molar-refractivity contribution in [2.24, 2.45) is 5.92 Å². The largest absolute Gasteiger partial charge is 0.374 e. The second kappa shape index (κ2) is 10.3. The van der Waals surface area contributed by atoms with Gasteiger partial charge >= 0.3 is 0 Å². The molecule has 38 heavy (non-hydrogen) atoms. The number of fused-ring (bicyclic) bond motifs is 3. The Morgan fingerprint density at radius 2 is 1.63 bits per heavy atom. The summed E-state index contributed by atoms with van der Waals surface area (Å²) in [5.41, 5.74) is 3.94. The molecule has 1 saturated carbocycles. The molecule has 0 aromatic heterocycles. The lowest BCUT2D eigenvalue weighted by Gasteiger charge is -2.41. The zero-order valence-corrected chi connectivity index (χ0v) is 22.7. The average molecular weight is 515 g/mol.